The molecule has 0 unspecified atom stereocenters. The van der Waals surface area contributed by atoms with E-state index < -0.39 is 6.17 Å². The molecule has 0 aromatic heterocycles. The summed E-state index contributed by atoms with van der Waals surface area (Å²) in [4.78, 5) is 0. The third-order valence-corrected chi connectivity index (χ3v) is 2.54. The molecule has 1 fully saturated rings. The molecule has 1 aliphatic heterocycles. The minimum Gasteiger partial charge on any atom is -0.381 e. The van der Waals surface area contributed by atoms with E-state index in [0.29, 0.717) is 5.33 Å². The SMILES string of the molecule is F[C@@H](CBr)C1CCOCC1. The smallest absolute Gasteiger partial charge is 0.113 e. The highest BCUT2D eigenvalue weighted by molar-refractivity contribution is 9.09. The Morgan fingerprint density at radius 3 is 2.60 bits per heavy atom. The van der Waals surface area contributed by atoms with Gasteiger partial charge in [-0.1, -0.05) is 15.9 Å². The molecule has 10 heavy (non-hydrogen) atoms. The molecule has 1 aliphatic rings. The predicted octanol–water partition coefficient (Wildman–Crippen LogP) is 2.15. The number of alkyl halides is 2. The summed E-state index contributed by atoms with van der Waals surface area (Å²) in [6.45, 7) is 1.47. The van der Waals surface area contributed by atoms with Gasteiger partial charge in [0.25, 0.3) is 0 Å². The van der Waals surface area contributed by atoms with Gasteiger partial charge in [0.05, 0.1) is 0 Å². The molecule has 0 aromatic rings. The van der Waals surface area contributed by atoms with E-state index in [9.17, 15) is 4.39 Å². The van der Waals surface area contributed by atoms with Gasteiger partial charge in [-0.25, -0.2) is 4.39 Å². The first-order valence-corrected chi connectivity index (χ1v) is 4.74. The maximum atomic E-state index is 12.9. The van der Waals surface area contributed by atoms with Gasteiger partial charge in [0.2, 0.25) is 0 Å². The van der Waals surface area contributed by atoms with Crippen molar-refractivity contribution in [2.45, 2.75) is 19.0 Å². The van der Waals surface area contributed by atoms with Crippen molar-refractivity contribution in [3.63, 3.8) is 0 Å². The van der Waals surface area contributed by atoms with Crippen molar-refractivity contribution < 1.29 is 9.13 Å². The van der Waals surface area contributed by atoms with E-state index >= 15 is 0 Å². The van der Waals surface area contributed by atoms with Crippen molar-refractivity contribution in [2.24, 2.45) is 5.92 Å². The molecular weight excluding hydrogens is 199 g/mol. The predicted molar refractivity (Wildman–Crippen MR) is 42.2 cm³/mol. The lowest BCUT2D eigenvalue weighted by Crippen LogP contribution is -2.25. The largest absolute Gasteiger partial charge is 0.381 e. The number of rotatable bonds is 2. The summed E-state index contributed by atoms with van der Waals surface area (Å²) < 4.78 is 18.0. The second kappa shape index (κ2) is 4.29. The van der Waals surface area contributed by atoms with Gasteiger partial charge in [-0.3, -0.25) is 0 Å². The molecule has 3 heteroatoms. The minimum absolute atomic E-state index is 0.230. The van der Waals surface area contributed by atoms with Crippen LogP contribution in [0.25, 0.3) is 0 Å². The molecule has 1 saturated heterocycles. The highest BCUT2D eigenvalue weighted by Crippen LogP contribution is 2.21. The van der Waals surface area contributed by atoms with Gasteiger partial charge in [-0.2, -0.15) is 0 Å². The molecule has 0 bridgehead atoms. The minimum atomic E-state index is -0.677. The third-order valence-electron chi connectivity index (χ3n) is 1.92. The second-order valence-electron chi connectivity index (χ2n) is 2.62. The third kappa shape index (κ3) is 2.20. The fourth-order valence-corrected chi connectivity index (χ4v) is 1.73. The number of hydrogen-bond donors (Lipinski definition) is 0. The first-order chi connectivity index (χ1) is 4.84. The fraction of sp³-hybridized carbons (Fsp3) is 1.00. The van der Waals surface area contributed by atoms with Gasteiger partial charge < -0.3 is 4.74 Å². The van der Waals surface area contributed by atoms with E-state index in [-0.39, 0.29) is 5.92 Å². The maximum Gasteiger partial charge on any atom is 0.113 e. The number of hydrogen-bond acceptors (Lipinski definition) is 1. The van der Waals surface area contributed by atoms with Crippen molar-refractivity contribution in [1.82, 2.24) is 0 Å². The van der Waals surface area contributed by atoms with Crippen LogP contribution in [0.5, 0.6) is 0 Å². The van der Waals surface area contributed by atoms with E-state index in [4.69, 9.17) is 4.74 Å². The van der Waals surface area contributed by atoms with E-state index in [0.717, 1.165) is 26.1 Å². The molecule has 0 N–H and O–H groups in total. The normalized spacial score (nSPS) is 24.6. The van der Waals surface area contributed by atoms with Crippen LogP contribution in [-0.2, 0) is 4.74 Å². The van der Waals surface area contributed by atoms with Crippen LogP contribution in [-0.4, -0.2) is 24.7 Å². The highest BCUT2D eigenvalue weighted by Gasteiger charge is 2.22. The van der Waals surface area contributed by atoms with E-state index in [2.05, 4.69) is 15.9 Å². The van der Waals surface area contributed by atoms with Gasteiger partial charge in [0, 0.05) is 18.5 Å². The van der Waals surface area contributed by atoms with Gasteiger partial charge >= 0.3 is 0 Å². The monoisotopic (exact) mass is 210 g/mol. The summed E-state index contributed by atoms with van der Waals surface area (Å²) in [5, 5.41) is 0.470. The van der Waals surface area contributed by atoms with Crippen molar-refractivity contribution in [2.75, 3.05) is 18.5 Å². The Bertz CT molecular complexity index is 93.6. The standard InChI is InChI=1S/C7H12BrFO/c8-5-7(9)6-1-3-10-4-2-6/h6-7H,1-5H2/t7-/m0/s1. The number of ether oxygens (including phenoxy) is 1. The van der Waals surface area contributed by atoms with E-state index in [1.54, 1.807) is 0 Å². The second-order valence-corrected chi connectivity index (χ2v) is 3.27. The van der Waals surface area contributed by atoms with Crippen LogP contribution in [0.3, 0.4) is 0 Å². The van der Waals surface area contributed by atoms with Gasteiger partial charge in [-0.05, 0) is 18.8 Å². The fourth-order valence-electron chi connectivity index (χ4n) is 1.20. The topological polar surface area (TPSA) is 9.23 Å². The van der Waals surface area contributed by atoms with Crippen LogP contribution in [0.1, 0.15) is 12.8 Å². The van der Waals surface area contributed by atoms with Crippen molar-refractivity contribution in [3.05, 3.63) is 0 Å². The average molecular weight is 211 g/mol. The zero-order valence-electron chi connectivity index (χ0n) is 5.85. The molecule has 0 radical (unpaired) electrons. The van der Waals surface area contributed by atoms with Crippen molar-refractivity contribution in [3.8, 4) is 0 Å². The van der Waals surface area contributed by atoms with Crippen LogP contribution in [0.4, 0.5) is 4.39 Å². The molecular formula is C7H12BrFO. The Labute approximate surface area is 69.1 Å². The summed E-state index contributed by atoms with van der Waals surface area (Å²) in [6.07, 6.45) is 1.09. The van der Waals surface area contributed by atoms with E-state index in [1.165, 1.54) is 0 Å². The molecule has 1 heterocycles. The van der Waals surface area contributed by atoms with Crippen molar-refractivity contribution >= 4 is 15.9 Å². The molecule has 0 amide bonds. The van der Waals surface area contributed by atoms with Gasteiger partial charge in [0.1, 0.15) is 6.17 Å². The zero-order valence-corrected chi connectivity index (χ0v) is 7.44. The zero-order chi connectivity index (χ0) is 7.40. The lowest BCUT2D eigenvalue weighted by atomic mass is 9.96. The van der Waals surface area contributed by atoms with Crippen LogP contribution >= 0.6 is 15.9 Å². The molecule has 0 spiro atoms. The Kier molecular flexibility index (Phi) is 3.63. The van der Waals surface area contributed by atoms with Crippen LogP contribution in [0, 0.1) is 5.92 Å². The summed E-state index contributed by atoms with van der Waals surface area (Å²) in [5.41, 5.74) is 0. The van der Waals surface area contributed by atoms with Gasteiger partial charge in [0.15, 0.2) is 0 Å². The van der Waals surface area contributed by atoms with Crippen molar-refractivity contribution in [1.29, 1.82) is 0 Å². The molecule has 0 aromatic carbocycles. The molecule has 1 rings (SSSR count). The Balaban J connectivity index is 2.24. The summed E-state index contributed by atoms with van der Waals surface area (Å²) in [5.74, 6) is 0.230. The highest BCUT2D eigenvalue weighted by atomic mass is 79.9. The molecule has 0 saturated carbocycles. The van der Waals surface area contributed by atoms with Crippen LogP contribution in [0.2, 0.25) is 0 Å². The Hall–Kier alpha value is 0.370. The number of halogens is 2. The lowest BCUT2D eigenvalue weighted by molar-refractivity contribution is 0.0422. The summed E-state index contributed by atoms with van der Waals surface area (Å²) in [7, 11) is 0. The van der Waals surface area contributed by atoms with Crippen LogP contribution < -0.4 is 0 Å². The molecule has 1 nitrogen and oxygen atoms in total. The quantitative estimate of drug-likeness (QED) is 0.636. The Morgan fingerprint density at radius 1 is 1.50 bits per heavy atom. The molecule has 0 aliphatic carbocycles. The summed E-state index contributed by atoms with van der Waals surface area (Å²) >= 11 is 3.13. The maximum absolute atomic E-state index is 12.9. The van der Waals surface area contributed by atoms with Crippen LogP contribution in [0.15, 0.2) is 0 Å². The summed E-state index contributed by atoms with van der Waals surface area (Å²) in [6, 6.07) is 0. The first-order valence-electron chi connectivity index (χ1n) is 3.62. The van der Waals surface area contributed by atoms with Gasteiger partial charge in [-0.15, -0.1) is 0 Å². The molecule has 60 valence electrons. The van der Waals surface area contributed by atoms with E-state index in [1.807, 2.05) is 0 Å². The lowest BCUT2D eigenvalue weighted by Gasteiger charge is -2.23. The average Bonchev–Trinajstić information content (AvgIpc) is 2.05. The Morgan fingerprint density at radius 2 is 2.10 bits per heavy atom. The first kappa shape index (κ1) is 8.47. The molecule has 1 atom stereocenters.